The minimum Gasteiger partial charge on any atom is -0.356 e. The van der Waals surface area contributed by atoms with E-state index < -0.39 is 0 Å². The average molecular weight is 328 g/mol. The zero-order valence-corrected chi connectivity index (χ0v) is 14.6. The summed E-state index contributed by atoms with van der Waals surface area (Å²) in [6, 6.07) is 0. The molecule has 1 aliphatic rings. The SMILES string of the molecule is CCN1CCC(CCNC(=O)C(C)CNC)CC1.Cl.Cl. The quantitative estimate of drug-likeness (QED) is 0.750. The predicted molar refractivity (Wildman–Crippen MR) is 90.1 cm³/mol. The van der Waals surface area contributed by atoms with Crippen LogP contribution in [0, 0.1) is 11.8 Å². The summed E-state index contributed by atoms with van der Waals surface area (Å²) in [5.41, 5.74) is 0. The maximum Gasteiger partial charge on any atom is 0.224 e. The van der Waals surface area contributed by atoms with Crippen LogP contribution in [-0.2, 0) is 4.79 Å². The fraction of sp³-hybridized carbons (Fsp3) is 0.929. The molecule has 1 aliphatic heterocycles. The van der Waals surface area contributed by atoms with E-state index in [1.54, 1.807) is 0 Å². The number of piperidine rings is 1. The van der Waals surface area contributed by atoms with Crippen molar-refractivity contribution in [2.45, 2.75) is 33.1 Å². The normalized spacial score (nSPS) is 17.8. The summed E-state index contributed by atoms with van der Waals surface area (Å²) in [5.74, 6) is 1.04. The Balaban J connectivity index is 0. The number of nitrogens with one attached hydrogen (secondary N) is 2. The van der Waals surface area contributed by atoms with Crippen LogP contribution in [0.15, 0.2) is 0 Å². The highest BCUT2D eigenvalue weighted by molar-refractivity contribution is 5.85. The molecule has 0 aliphatic carbocycles. The van der Waals surface area contributed by atoms with E-state index >= 15 is 0 Å². The molecule has 6 heteroatoms. The Labute approximate surface area is 136 Å². The molecule has 1 atom stereocenters. The zero-order valence-electron chi connectivity index (χ0n) is 13.0. The van der Waals surface area contributed by atoms with E-state index in [-0.39, 0.29) is 36.6 Å². The molecule has 1 heterocycles. The maximum atomic E-state index is 11.7. The molecule has 1 saturated heterocycles. The van der Waals surface area contributed by atoms with E-state index in [1.165, 1.54) is 32.5 Å². The monoisotopic (exact) mass is 327 g/mol. The molecule has 20 heavy (non-hydrogen) atoms. The third kappa shape index (κ3) is 8.30. The van der Waals surface area contributed by atoms with E-state index in [0.717, 1.165) is 25.4 Å². The number of carbonyl (C=O) groups is 1. The second-order valence-corrected chi connectivity index (χ2v) is 5.42. The number of carbonyl (C=O) groups excluding carboxylic acids is 1. The van der Waals surface area contributed by atoms with Crippen LogP contribution in [0.1, 0.15) is 33.1 Å². The molecule has 1 amide bonds. The summed E-state index contributed by atoms with van der Waals surface area (Å²) < 4.78 is 0. The van der Waals surface area contributed by atoms with Crippen LogP contribution in [0.25, 0.3) is 0 Å². The third-order valence-corrected chi connectivity index (χ3v) is 3.96. The van der Waals surface area contributed by atoms with Gasteiger partial charge in [0.25, 0.3) is 0 Å². The molecule has 122 valence electrons. The van der Waals surface area contributed by atoms with Crippen molar-refractivity contribution >= 4 is 30.7 Å². The van der Waals surface area contributed by atoms with Gasteiger partial charge in [-0.15, -0.1) is 24.8 Å². The molecule has 1 unspecified atom stereocenters. The van der Waals surface area contributed by atoms with Crippen molar-refractivity contribution < 1.29 is 4.79 Å². The number of hydrogen-bond donors (Lipinski definition) is 2. The highest BCUT2D eigenvalue weighted by Gasteiger charge is 2.18. The van der Waals surface area contributed by atoms with Crippen molar-refractivity contribution in [1.29, 1.82) is 0 Å². The minimum atomic E-state index is 0. The molecule has 4 nitrogen and oxygen atoms in total. The molecule has 2 N–H and O–H groups in total. The van der Waals surface area contributed by atoms with Crippen LogP contribution >= 0.6 is 24.8 Å². The molecule has 0 aromatic carbocycles. The zero-order chi connectivity index (χ0) is 13.4. The predicted octanol–water partition coefficient (Wildman–Crippen LogP) is 1.92. The first-order valence-electron chi connectivity index (χ1n) is 7.32. The van der Waals surface area contributed by atoms with Crippen LogP contribution in [0.2, 0.25) is 0 Å². The Kier molecular flexibility index (Phi) is 14.1. The van der Waals surface area contributed by atoms with Crippen molar-refractivity contribution in [2.24, 2.45) is 11.8 Å². The van der Waals surface area contributed by atoms with Gasteiger partial charge >= 0.3 is 0 Å². The molecule has 0 radical (unpaired) electrons. The van der Waals surface area contributed by atoms with Crippen molar-refractivity contribution in [1.82, 2.24) is 15.5 Å². The highest BCUT2D eigenvalue weighted by atomic mass is 35.5. The average Bonchev–Trinajstić information content (AvgIpc) is 2.39. The summed E-state index contributed by atoms with van der Waals surface area (Å²) in [6.07, 6.45) is 3.71. The topological polar surface area (TPSA) is 44.4 Å². The number of halogens is 2. The minimum absolute atomic E-state index is 0. The van der Waals surface area contributed by atoms with Gasteiger partial charge in [-0.3, -0.25) is 4.79 Å². The standard InChI is InChI=1S/C14H29N3O.2ClH/c1-4-17-9-6-13(7-10-17)5-8-16-14(18)12(2)11-15-3;;/h12-13,15H,4-11H2,1-3H3,(H,16,18);2*1H. The van der Waals surface area contributed by atoms with Crippen molar-refractivity contribution in [3.8, 4) is 0 Å². The Morgan fingerprint density at radius 1 is 1.30 bits per heavy atom. The molecular weight excluding hydrogens is 297 g/mol. The molecular formula is C14H31Cl2N3O. The number of nitrogens with zero attached hydrogens (tertiary/aromatic N) is 1. The van der Waals surface area contributed by atoms with Crippen molar-refractivity contribution in [3.63, 3.8) is 0 Å². The molecule has 0 saturated carbocycles. The maximum absolute atomic E-state index is 11.7. The fourth-order valence-electron chi connectivity index (χ4n) is 2.56. The van der Waals surface area contributed by atoms with Crippen molar-refractivity contribution in [3.05, 3.63) is 0 Å². The van der Waals surface area contributed by atoms with E-state index in [4.69, 9.17) is 0 Å². The van der Waals surface area contributed by atoms with Gasteiger partial charge in [-0.05, 0) is 51.9 Å². The van der Waals surface area contributed by atoms with Gasteiger partial charge < -0.3 is 15.5 Å². The van der Waals surface area contributed by atoms with Gasteiger partial charge in [0.05, 0.1) is 0 Å². The van der Waals surface area contributed by atoms with Gasteiger partial charge in [0.15, 0.2) is 0 Å². The van der Waals surface area contributed by atoms with Crippen LogP contribution in [0.4, 0.5) is 0 Å². The molecule has 0 spiro atoms. The molecule has 0 bridgehead atoms. The third-order valence-electron chi connectivity index (χ3n) is 3.96. The van der Waals surface area contributed by atoms with Gasteiger partial charge in [0.1, 0.15) is 0 Å². The number of amides is 1. The van der Waals surface area contributed by atoms with Gasteiger partial charge in [-0.25, -0.2) is 0 Å². The Hall–Kier alpha value is -0.0300. The van der Waals surface area contributed by atoms with Crippen molar-refractivity contribution in [2.75, 3.05) is 39.8 Å². The fourth-order valence-corrected chi connectivity index (χ4v) is 2.56. The van der Waals surface area contributed by atoms with Crippen LogP contribution < -0.4 is 10.6 Å². The summed E-state index contributed by atoms with van der Waals surface area (Å²) in [5, 5.41) is 6.08. The summed E-state index contributed by atoms with van der Waals surface area (Å²) in [4.78, 5) is 14.2. The summed E-state index contributed by atoms with van der Waals surface area (Å²) in [6.45, 7) is 9.40. The van der Waals surface area contributed by atoms with Gasteiger partial charge in [0.2, 0.25) is 5.91 Å². The van der Waals surface area contributed by atoms with Crippen LogP contribution in [-0.4, -0.2) is 50.6 Å². The molecule has 1 rings (SSSR count). The Bertz CT molecular complexity index is 247. The smallest absolute Gasteiger partial charge is 0.224 e. The van der Waals surface area contributed by atoms with Gasteiger partial charge in [0, 0.05) is 19.0 Å². The van der Waals surface area contributed by atoms with E-state index in [2.05, 4.69) is 22.5 Å². The van der Waals surface area contributed by atoms with E-state index in [1.807, 2.05) is 14.0 Å². The first-order chi connectivity index (χ1) is 8.67. The molecule has 1 fully saturated rings. The lowest BCUT2D eigenvalue weighted by Gasteiger charge is -2.31. The van der Waals surface area contributed by atoms with Gasteiger partial charge in [-0.2, -0.15) is 0 Å². The lowest BCUT2D eigenvalue weighted by atomic mass is 9.93. The number of rotatable bonds is 7. The second-order valence-electron chi connectivity index (χ2n) is 5.42. The lowest BCUT2D eigenvalue weighted by molar-refractivity contribution is -0.124. The first-order valence-corrected chi connectivity index (χ1v) is 7.32. The highest BCUT2D eigenvalue weighted by Crippen LogP contribution is 2.19. The number of likely N-dealkylation sites (tertiary alicyclic amines) is 1. The van der Waals surface area contributed by atoms with Gasteiger partial charge in [-0.1, -0.05) is 13.8 Å². The summed E-state index contributed by atoms with van der Waals surface area (Å²) >= 11 is 0. The summed E-state index contributed by atoms with van der Waals surface area (Å²) in [7, 11) is 1.88. The molecule has 0 aromatic heterocycles. The molecule has 0 aromatic rings. The number of hydrogen-bond acceptors (Lipinski definition) is 3. The van der Waals surface area contributed by atoms with E-state index in [9.17, 15) is 4.79 Å². The first kappa shape index (κ1) is 22.3. The lowest BCUT2D eigenvalue weighted by Crippen LogP contribution is -2.37. The Morgan fingerprint density at radius 3 is 2.40 bits per heavy atom. The van der Waals surface area contributed by atoms with Crippen LogP contribution in [0.3, 0.4) is 0 Å². The largest absolute Gasteiger partial charge is 0.356 e. The second kappa shape index (κ2) is 12.7. The van der Waals surface area contributed by atoms with Crippen LogP contribution in [0.5, 0.6) is 0 Å². The van der Waals surface area contributed by atoms with E-state index in [0.29, 0.717) is 0 Å². The Morgan fingerprint density at radius 2 is 1.90 bits per heavy atom.